The molecule has 88 valence electrons. The van der Waals surface area contributed by atoms with Gasteiger partial charge in [0, 0.05) is 19.0 Å². The molecule has 1 saturated heterocycles. The maximum atomic E-state index is 12.0. The quantitative estimate of drug-likeness (QED) is 0.769. The highest BCUT2D eigenvalue weighted by atomic mass is 16.2. The van der Waals surface area contributed by atoms with Crippen LogP contribution in [0.1, 0.15) is 40.0 Å². The third kappa shape index (κ3) is 3.49. The van der Waals surface area contributed by atoms with E-state index in [9.17, 15) is 4.79 Å². The SMILES string of the molecule is CC(CCCN)C(=O)N1CCC(C)(C)C1. The summed E-state index contributed by atoms with van der Waals surface area (Å²) in [6, 6.07) is 0. The second-order valence-corrected chi connectivity index (χ2v) is 5.51. The lowest BCUT2D eigenvalue weighted by molar-refractivity contribution is -0.134. The van der Waals surface area contributed by atoms with Crippen molar-refractivity contribution in [3.8, 4) is 0 Å². The zero-order chi connectivity index (χ0) is 11.5. The number of amides is 1. The van der Waals surface area contributed by atoms with Gasteiger partial charge in [0.25, 0.3) is 0 Å². The van der Waals surface area contributed by atoms with Crippen molar-refractivity contribution in [2.45, 2.75) is 40.0 Å². The van der Waals surface area contributed by atoms with E-state index in [0.29, 0.717) is 17.9 Å². The molecule has 0 aromatic heterocycles. The van der Waals surface area contributed by atoms with Crippen LogP contribution in [0.4, 0.5) is 0 Å². The van der Waals surface area contributed by atoms with Crippen molar-refractivity contribution in [2.75, 3.05) is 19.6 Å². The summed E-state index contributed by atoms with van der Waals surface area (Å²) >= 11 is 0. The third-order valence-corrected chi connectivity index (χ3v) is 3.25. The standard InChI is InChI=1S/C12H24N2O/c1-10(5-4-7-13)11(15)14-8-6-12(2,3)9-14/h10H,4-9,13H2,1-3H3. The molecule has 1 unspecified atom stereocenters. The molecule has 1 fully saturated rings. The van der Waals surface area contributed by atoms with Gasteiger partial charge >= 0.3 is 0 Å². The molecule has 1 amide bonds. The zero-order valence-electron chi connectivity index (χ0n) is 10.3. The average Bonchev–Trinajstić information content (AvgIpc) is 2.54. The number of rotatable bonds is 4. The summed E-state index contributed by atoms with van der Waals surface area (Å²) in [6.07, 6.45) is 3.00. The first-order valence-corrected chi connectivity index (χ1v) is 5.95. The van der Waals surface area contributed by atoms with Crippen LogP contribution in [0.15, 0.2) is 0 Å². The number of nitrogens with two attached hydrogens (primary N) is 1. The van der Waals surface area contributed by atoms with Gasteiger partial charge in [0.15, 0.2) is 0 Å². The van der Waals surface area contributed by atoms with Gasteiger partial charge < -0.3 is 10.6 Å². The first-order valence-electron chi connectivity index (χ1n) is 5.95. The molecule has 1 aliphatic heterocycles. The monoisotopic (exact) mass is 212 g/mol. The molecule has 1 aliphatic rings. The summed E-state index contributed by atoms with van der Waals surface area (Å²) in [5.74, 6) is 0.455. The summed E-state index contributed by atoms with van der Waals surface area (Å²) in [5.41, 5.74) is 5.76. The fourth-order valence-electron chi connectivity index (χ4n) is 2.16. The zero-order valence-corrected chi connectivity index (χ0v) is 10.3. The van der Waals surface area contributed by atoms with Crippen LogP contribution in [0.3, 0.4) is 0 Å². The smallest absolute Gasteiger partial charge is 0.225 e. The van der Waals surface area contributed by atoms with E-state index in [2.05, 4.69) is 13.8 Å². The van der Waals surface area contributed by atoms with Crippen LogP contribution in [-0.2, 0) is 4.79 Å². The van der Waals surface area contributed by atoms with Gasteiger partial charge in [-0.05, 0) is 31.2 Å². The normalized spacial score (nSPS) is 21.7. The number of likely N-dealkylation sites (tertiary alicyclic amines) is 1. The number of carbonyl (C=O) groups is 1. The number of hydrogen-bond acceptors (Lipinski definition) is 2. The maximum Gasteiger partial charge on any atom is 0.225 e. The fourth-order valence-corrected chi connectivity index (χ4v) is 2.16. The summed E-state index contributed by atoms with van der Waals surface area (Å²) in [4.78, 5) is 14.0. The molecule has 3 heteroatoms. The third-order valence-electron chi connectivity index (χ3n) is 3.25. The van der Waals surface area contributed by atoms with Crippen LogP contribution >= 0.6 is 0 Å². The molecule has 0 saturated carbocycles. The van der Waals surface area contributed by atoms with E-state index in [0.717, 1.165) is 32.4 Å². The van der Waals surface area contributed by atoms with Crippen LogP contribution in [0.2, 0.25) is 0 Å². The molecule has 0 radical (unpaired) electrons. The van der Waals surface area contributed by atoms with E-state index in [1.54, 1.807) is 0 Å². The Bertz CT molecular complexity index is 226. The van der Waals surface area contributed by atoms with Crippen LogP contribution in [0, 0.1) is 11.3 Å². The van der Waals surface area contributed by atoms with Crippen molar-refractivity contribution in [1.29, 1.82) is 0 Å². The van der Waals surface area contributed by atoms with Crippen molar-refractivity contribution in [3.05, 3.63) is 0 Å². The van der Waals surface area contributed by atoms with Gasteiger partial charge in [0.2, 0.25) is 5.91 Å². The minimum Gasteiger partial charge on any atom is -0.342 e. The van der Waals surface area contributed by atoms with Gasteiger partial charge in [-0.2, -0.15) is 0 Å². The van der Waals surface area contributed by atoms with Crippen LogP contribution in [0.25, 0.3) is 0 Å². The summed E-state index contributed by atoms with van der Waals surface area (Å²) < 4.78 is 0. The molecule has 1 atom stereocenters. The minimum absolute atomic E-state index is 0.141. The highest BCUT2D eigenvalue weighted by Crippen LogP contribution is 2.29. The van der Waals surface area contributed by atoms with Gasteiger partial charge in [0.05, 0.1) is 0 Å². The first kappa shape index (κ1) is 12.5. The van der Waals surface area contributed by atoms with Gasteiger partial charge in [0.1, 0.15) is 0 Å². The van der Waals surface area contributed by atoms with Crippen molar-refractivity contribution in [3.63, 3.8) is 0 Å². The lowest BCUT2D eigenvalue weighted by Gasteiger charge is -2.23. The molecule has 15 heavy (non-hydrogen) atoms. The van der Waals surface area contributed by atoms with Crippen molar-refractivity contribution < 1.29 is 4.79 Å². The number of hydrogen-bond donors (Lipinski definition) is 1. The molecular formula is C12H24N2O. The second kappa shape index (κ2) is 4.97. The lowest BCUT2D eigenvalue weighted by Crippen LogP contribution is -2.34. The molecular weight excluding hydrogens is 188 g/mol. The maximum absolute atomic E-state index is 12.0. The topological polar surface area (TPSA) is 46.3 Å². The molecule has 0 aliphatic carbocycles. The van der Waals surface area contributed by atoms with Gasteiger partial charge in [-0.3, -0.25) is 4.79 Å². The van der Waals surface area contributed by atoms with E-state index in [-0.39, 0.29) is 5.92 Å². The van der Waals surface area contributed by atoms with Crippen molar-refractivity contribution in [1.82, 2.24) is 4.90 Å². The van der Waals surface area contributed by atoms with Crippen LogP contribution in [0.5, 0.6) is 0 Å². The molecule has 0 aromatic rings. The molecule has 0 spiro atoms. The Kier molecular flexibility index (Phi) is 4.14. The highest BCUT2D eigenvalue weighted by molar-refractivity contribution is 5.78. The Labute approximate surface area is 93.0 Å². The highest BCUT2D eigenvalue weighted by Gasteiger charge is 2.33. The lowest BCUT2D eigenvalue weighted by atomic mass is 9.93. The first-order chi connectivity index (χ1) is 6.96. The molecule has 1 heterocycles. The molecule has 0 aromatic carbocycles. The van der Waals surface area contributed by atoms with Crippen LogP contribution in [-0.4, -0.2) is 30.4 Å². The van der Waals surface area contributed by atoms with Gasteiger partial charge in [-0.15, -0.1) is 0 Å². The number of carbonyl (C=O) groups excluding carboxylic acids is 1. The van der Waals surface area contributed by atoms with E-state index in [1.807, 2.05) is 11.8 Å². The minimum atomic E-state index is 0.141. The van der Waals surface area contributed by atoms with E-state index >= 15 is 0 Å². The van der Waals surface area contributed by atoms with Crippen molar-refractivity contribution in [2.24, 2.45) is 17.1 Å². The Hall–Kier alpha value is -0.570. The van der Waals surface area contributed by atoms with Gasteiger partial charge in [-0.1, -0.05) is 20.8 Å². The predicted octanol–water partition coefficient (Wildman–Crippen LogP) is 1.62. The second-order valence-electron chi connectivity index (χ2n) is 5.51. The van der Waals surface area contributed by atoms with E-state index in [1.165, 1.54) is 0 Å². The van der Waals surface area contributed by atoms with E-state index in [4.69, 9.17) is 5.73 Å². The largest absolute Gasteiger partial charge is 0.342 e. The summed E-state index contributed by atoms with van der Waals surface area (Å²) in [5, 5.41) is 0. The van der Waals surface area contributed by atoms with Crippen LogP contribution < -0.4 is 5.73 Å². The molecule has 0 bridgehead atoms. The Balaban J connectivity index is 2.41. The van der Waals surface area contributed by atoms with Crippen molar-refractivity contribution >= 4 is 5.91 Å². The van der Waals surface area contributed by atoms with E-state index < -0.39 is 0 Å². The Morgan fingerprint density at radius 2 is 2.20 bits per heavy atom. The molecule has 1 rings (SSSR count). The Morgan fingerprint density at radius 1 is 1.53 bits per heavy atom. The fraction of sp³-hybridized carbons (Fsp3) is 0.917. The molecule has 3 nitrogen and oxygen atoms in total. The number of nitrogens with zero attached hydrogens (tertiary/aromatic N) is 1. The average molecular weight is 212 g/mol. The summed E-state index contributed by atoms with van der Waals surface area (Å²) in [7, 11) is 0. The van der Waals surface area contributed by atoms with Gasteiger partial charge in [-0.25, -0.2) is 0 Å². The Morgan fingerprint density at radius 3 is 2.67 bits per heavy atom. The molecule has 2 N–H and O–H groups in total. The summed E-state index contributed by atoms with van der Waals surface area (Å²) in [6.45, 7) is 9.00. The predicted molar refractivity (Wildman–Crippen MR) is 62.4 cm³/mol.